The van der Waals surface area contributed by atoms with Crippen molar-refractivity contribution in [3.05, 3.63) is 35.4 Å². The zero-order chi connectivity index (χ0) is 9.60. The van der Waals surface area contributed by atoms with Crippen LogP contribution in [0.15, 0.2) is 24.3 Å². The maximum Gasteiger partial charge on any atom is 0.0439 e. The van der Waals surface area contributed by atoms with E-state index in [-0.39, 0.29) is 0 Å². The Morgan fingerprint density at radius 2 is 2.21 bits per heavy atom. The van der Waals surface area contributed by atoms with Gasteiger partial charge in [-0.25, -0.2) is 0 Å². The molecule has 2 atom stereocenters. The van der Waals surface area contributed by atoms with E-state index in [1.807, 2.05) is 0 Å². The Labute approximate surface area is 84.8 Å². The molecule has 2 bridgehead atoms. The Morgan fingerprint density at radius 3 is 3.07 bits per heavy atom. The Balaban J connectivity index is 2.10. The predicted octanol–water partition coefficient (Wildman–Crippen LogP) is 2.59. The summed E-state index contributed by atoms with van der Waals surface area (Å²) in [5.74, 6) is 0.790. The number of rotatable bonds is 2. The van der Waals surface area contributed by atoms with Gasteiger partial charge >= 0.3 is 0 Å². The molecule has 1 N–H and O–H groups in total. The minimum absolute atomic E-state index is 0.334. The minimum Gasteiger partial charge on any atom is -0.396 e. The van der Waals surface area contributed by atoms with Gasteiger partial charge in [0.1, 0.15) is 0 Å². The lowest BCUT2D eigenvalue weighted by Crippen LogP contribution is -2.22. The van der Waals surface area contributed by atoms with Crippen molar-refractivity contribution in [2.75, 3.05) is 6.61 Å². The summed E-state index contributed by atoms with van der Waals surface area (Å²) in [5, 5.41) is 9.17. The molecule has 2 aliphatic rings. The van der Waals surface area contributed by atoms with E-state index in [0.717, 1.165) is 12.3 Å². The summed E-state index contributed by atoms with van der Waals surface area (Å²) in [4.78, 5) is 0. The van der Waals surface area contributed by atoms with Crippen LogP contribution in [-0.2, 0) is 5.41 Å². The molecule has 0 saturated heterocycles. The van der Waals surface area contributed by atoms with Crippen LogP contribution in [0.5, 0.6) is 0 Å². The second kappa shape index (κ2) is 2.83. The van der Waals surface area contributed by atoms with Crippen molar-refractivity contribution in [3.8, 4) is 0 Å². The third-order valence-corrected chi connectivity index (χ3v) is 4.17. The predicted molar refractivity (Wildman–Crippen MR) is 56.4 cm³/mol. The van der Waals surface area contributed by atoms with Gasteiger partial charge in [0, 0.05) is 6.61 Å². The topological polar surface area (TPSA) is 20.2 Å². The molecule has 2 aliphatic carbocycles. The zero-order valence-electron chi connectivity index (χ0n) is 8.37. The first-order valence-corrected chi connectivity index (χ1v) is 5.56. The van der Waals surface area contributed by atoms with Crippen molar-refractivity contribution >= 4 is 0 Å². The smallest absolute Gasteiger partial charge is 0.0439 e. The molecule has 1 aromatic rings. The average Bonchev–Trinajstić information content (AvgIpc) is 2.76. The monoisotopic (exact) mass is 188 g/mol. The molecule has 74 valence electrons. The fourth-order valence-electron chi connectivity index (χ4n) is 3.55. The highest BCUT2D eigenvalue weighted by molar-refractivity contribution is 5.45. The zero-order valence-corrected chi connectivity index (χ0v) is 8.37. The Kier molecular flexibility index (Phi) is 1.72. The van der Waals surface area contributed by atoms with Crippen LogP contribution in [0.4, 0.5) is 0 Å². The lowest BCUT2D eigenvalue weighted by atomic mass is 9.77. The van der Waals surface area contributed by atoms with Crippen LogP contribution < -0.4 is 0 Å². The van der Waals surface area contributed by atoms with Crippen LogP contribution in [0.25, 0.3) is 0 Å². The molecule has 2 unspecified atom stereocenters. The molecule has 0 amide bonds. The van der Waals surface area contributed by atoms with Gasteiger partial charge in [-0.15, -0.1) is 0 Å². The summed E-state index contributed by atoms with van der Waals surface area (Å²) in [6, 6.07) is 8.83. The number of hydrogen-bond donors (Lipinski definition) is 1. The number of fused-ring (bicyclic) bond motifs is 5. The third kappa shape index (κ3) is 0.936. The lowest BCUT2D eigenvalue weighted by Gasteiger charge is -2.28. The van der Waals surface area contributed by atoms with Crippen molar-refractivity contribution in [1.29, 1.82) is 0 Å². The molecule has 0 heterocycles. The fourth-order valence-corrected chi connectivity index (χ4v) is 3.55. The first-order valence-electron chi connectivity index (χ1n) is 5.56. The van der Waals surface area contributed by atoms with E-state index in [2.05, 4.69) is 24.3 Å². The highest BCUT2D eigenvalue weighted by Crippen LogP contribution is 2.58. The van der Waals surface area contributed by atoms with E-state index in [1.165, 1.54) is 24.8 Å². The molecule has 1 nitrogen and oxygen atoms in total. The molecule has 0 spiro atoms. The lowest BCUT2D eigenvalue weighted by molar-refractivity contribution is 0.240. The van der Waals surface area contributed by atoms with E-state index >= 15 is 0 Å². The normalized spacial score (nSPS) is 33.4. The van der Waals surface area contributed by atoms with Crippen LogP contribution in [0, 0.1) is 0 Å². The van der Waals surface area contributed by atoms with Gasteiger partial charge in [0.15, 0.2) is 0 Å². The molecular weight excluding hydrogens is 172 g/mol. The highest BCUT2D eigenvalue weighted by atomic mass is 16.3. The van der Waals surface area contributed by atoms with Crippen LogP contribution in [-0.4, -0.2) is 11.7 Å². The van der Waals surface area contributed by atoms with Gasteiger partial charge in [-0.2, -0.15) is 0 Å². The van der Waals surface area contributed by atoms with Crippen molar-refractivity contribution in [2.24, 2.45) is 0 Å². The molecule has 0 aliphatic heterocycles. The van der Waals surface area contributed by atoms with Gasteiger partial charge in [0.25, 0.3) is 0 Å². The molecule has 1 fully saturated rings. The molecule has 14 heavy (non-hydrogen) atoms. The summed E-state index contributed by atoms with van der Waals surface area (Å²) in [7, 11) is 0. The van der Waals surface area contributed by atoms with Crippen LogP contribution in [0.3, 0.4) is 0 Å². The molecule has 1 heteroatoms. The van der Waals surface area contributed by atoms with Gasteiger partial charge < -0.3 is 5.11 Å². The Hall–Kier alpha value is -0.820. The average molecular weight is 188 g/mol. The standard InChI is InChI=1S/C13H16O/c14-8-7-13-6-5-10(9-13)11-3-1-2-4-12(11)13/h1-4,10,14H,5-9H2. The first kappa shape index (κ1) is 8.49. The van der Waals surface area contributed by atoms with Gasteiger partial charge in [0.2, 0.25) is 0 Å². The van der Waals surface area contributed by atoms with Gasteiger partial charge in [0.05, 0.1) is 0 Å². The van der Waals surface area contributed by atoms with Crippen LogP contribution >= 0.6 is 0 Å². The molecule has 3 rings (SSSR count). The summed E-state index contributed by atoms with van der Waals surface area (Å²) >= 11 is 0. The number of aliphatic hydroxyl groups excluding tert-OH is 1. The fraction of sp³-hybridized carbons (Fsp3) is 0.538. The Morgan fingerprint density at radius 1 is 1.36 bits per heavy atom. The molecule has 0 radical (unpaired) electrons. The van der Waals surface area contributed by atoms with Gasteiger partial charge in [-0.05, 0) is 48.1 Å². The van der Waals surface area contributed by atoms with Crippen LogP contribution in [0.1, 0.15) is 42.7 Å². The van der Waals surface area contributed by atoms with Crippen molar-refractivity contribution in [1.82, 2.24) is 0 Å². The highest BCUT2D eigenvalue weighted by Gasteiger charge is 2.47. The van der Waals surface area contributed by atoms with E-state index < -0.39 is 0 Å². The first-order chi connectivity index (χ1) is 6.86. The second-order valence-electron chi connectivity index (χ2n) is 4.78. The van der Waals surface area contributed by atoms with Gasteiger partial charge in [-0.1, -0.05) is 24.3 Å². The molecule has 1 aromatic carbocycles. The largest absolute Gasteiger partial charge is 0.396 e. The van der Waals surface area contributed by atoms with Gasteiger partial charge in [-0.3, -0.25) is 0 Å². The summed E-state index contributed by atoms with van der Waals surface area (Å²) in [6.07, 6.45) is 4.86. The maximum atomic E-state index is 9.17. The van der Waals surface area contributed by atoms with Crippen molar-refractivity contribution < 1.29 is 5.11 Å². The number of aliphatic hydroxyl groups is 1. The van der Waals surface area contributed by atoms with E-state index in [0.29, 0.717) is 12.0 Å². The minimum atomic E-state index is 0.334. The van der Waals surface area contributed by atoms with E-state index in [4.69, 9.17) is 5.11 Å². The summed E-state index contributed by atoms with van der Waals surface area (Å²) in [6.45, 7) is 0.334. The van der Waals surface area contributed by atoms with E-state index in [9.17, 15) is 0 Å². The number of benzene rings is 1. The quantitative estimate of drug-likeness (QED) is 0.756. The van der Waals surface area contributed by atoms with Crippen LogP contribution in [0.2, 0.25) is 0 Å². The molecule has 0 aromatic heterocycles. The SMILES string of the molecule is OCCC12CCC(C1)c1ccccc12. The van der Waals surface area contributed by atoms with Crippen molar-refractivity contribution in [3.63, 3.8) is 0 Å². The van der Waals surface area contributed by atoms with Crippen molar-refractivity contribution in [2.45, 2.75) is 37.0 Å². The molecule has 1 saturated carbocycles. The summed E-state index contributed by atoms with van der Waals surface area (Å²) < 4.78 is 0. The second-order valence-corrected chi connectivity index (χ2v) is 4.78. The Bertz CT molecular complexity index is 358. The molecular formula is C13H16O. The number of hydrogen-bond acceptors (Lipinski definition) is 1. The summed E-state index contributed by atoms with van der Waals surface area (Å²) in [5.41, 5.74) is 3.44. The third-order valence-electron chi connectivity index (χ3n) is 4.17. The van der Waals surface area contributed by atoms with E-state index in [1.54, 1.807) is 5.56 Å². The maximum absolute atomic E-state index is 9.17.